The zero-order valence-electron chi connectivity index (χ0n) is 9.80. The molecule has 0 fully saturated rings. The van der Waals surface area contributed by atoms with Crippen LogP contribution in [0.2, 0.25) is 0 Å². The van der Waals surface area contributed by atoms with Crippen LogP contribution in [0.4, 0.5) is 0 Å². The maximum Gasteiger partial charge on any atom is 0.323 e. The Kier molecular flexibility index (Phi) is 7.48. The molecule has 3 heteroatoms. The lowest BCUT2D eigenvalue weighted by atomic mass is 10.1. The van der Waals surface area contributed by atoms with Gasteiger partial charge in [0.15, 0.2) is 0 Å². The summed E-state index contributed by atoms with van der Waals surface area (Å²) >= 11 is 0. The van der Waals surface area contributed by atoms with Crippen molar-refractivity contribution in [1.29, 1.82) is 0 Å². The maximum absolute atomic E-state index is 11.4. The highest BCUT2D eigenvalue weighted by Gasteiger charge is 2.16. The predicted molar refractivity (Wildman–Crippen MR) is 58.2 cm³/mol. The van der Waals surface area contributed by atoms with Crippen molar-refractivity contribution in [1.82, 2.24) is 5.32 Å². The molecule has 1 atom stereocenters. The summed E-state index contributed by atoms with van der Waals surface area (Å²) < 4.78 is 4.95. The number of ether oxygens (including phenoxy) is 1. The first-order valence-corrected chi connectivity index (χ1v) is 5.51. The van der Waals surface area contributed by atoms with Crippen molar-refractivity contribution in [2.24, 2.45) is 5.92 Å². The molecule has 0 aliphatic carbocycles. The molecule has 0 saturated heterocycles. The van der Waals surface area contributed by atoms with Gasteiger partial charge in [-0.15, -0.1) is 0 Å². The number of hydrogen-bond acceptors (Lipinski definition) is 3. The molecule has 0 aromatic rings. The number of rotatable bonds is 7. The molecule has 1 unspecified atom stereocenters. The molecule has 0 aliphatic heterocycles. The van der Waals surface area contributed by atoms with Crippen LogP contribution in [0.3, 0.4) is 0 Å². The van der Waals surface area contributed by atoms with E-state index in [-0.39, 0.29) is 12.0 Å². The quantitative estimate of drug-likeness (QED) is 0.640. The Hall–Kier alpha value is -0.570. The average Bonchev–Trinajstić information content (AvgIpc) is 2.12. The van der Waals surface area contributed by atoms with Gasteiger partial charge in [0.25, 0.3) is 0 Å². The van der Waals surface area contributed by atoms with E-state index < -0.39 is 0 Å². The van der Waals surface area contributed by atoms with Gasteiger partial charge in [0.2, 0.25) is 0 Å². The van der Waals surface area contributed by atoms with E-state index in [9.17, 15) is 4.79 Å². The molecule has 0 heterocycles. The molecular formula is C11H23NO2. The van der Waals surface area contributed by atoms with Crippen molar-refractivity contribution >= 4 is 5.97 Å². The summed E-state index contributed by atoms with van der Waals surface area (Å²) in [6, 6.07) is -0.131. The summed E-state index contributed by atoms with van der Waals surface area (Å²) in [6.07, 6.45) is 1.88. The highest BCUT2D eigenvalue weighted by Crippen LogP contribution is 1.99. The van der Waals surface area contributed by atoms with Crippen molar-refractivity contribution in [3.8, 4) is 0 Å². The minimum atomic E-state index is -0.131. The molecule has 0 bridgehead atoms. The first kappa shape index (κ1) is 13.4. The molecule has 0 aromatic heterocycles. The van der Waals surface area contributed by atoms with Gasteiger partial charge in [-0.1, -0.05) is 20.8 Å². The minimum Gasteiger partial charge on any atom is -0.465 e. The van der Waals surface area contributed by atoms with Gasteiger partial charge < -0.3 is 10.1 Å². The van der Waals surface area contributed by atoms with Crippen LogP contribution >= 0.6 is 0 Å². The zero-order valence-corrected chi connectivity index (χ0v) is 9.80. The molecule has 0 radical (unpaired) electrons. The third kappa shape index (κ3) is 5.97. The number of hydrogen-bond donors (Lipinski definition) is 1. The molecule has 14 heavy (non-hydrogen) atoms. The number of nitrogens with one attached hydrogen (secondary N) is 1. The fraction of sp³-hybridized carbons (Fsp3) is 0.909. The average molecular weight is 201 g/mol. The van der Waals surface area contributed by atoms with E-state index >= 15 is 0 Å². The lowest BCUT2D eigenvalue weighted by Gasteiger charge is -2.15. The van der Waals surface area contributed by atoms with E-state index in [0.29, 0.717) is 12.5 Å². The standard InChI is InChI=1S/C11H23NO2/c1-5-10(11(13)14-6-2)12-8-7-9(3)4/h9-10,12H,5-8H2,1-4H3. The second-order valence-corrected chi connectivity index (χ2v) is 3.85. The highest BCUT2D eigenvalue weighted by atomic mass is 16.5. The van der Waals surface area contributed by atoms with Gasteiger partial charge in [0.1, 0.15) is 6.04 Å². The Morgan fingerprint density at radius 3 is 2.43 bits per heavy atom. The fourth-order valence-electron chi connectivity index (χ4n) is 1.18. The van der Waals surface area contributed by atoms with Crippen LogP contribution in [-0.2, 0) is 9.53 Å². The number of carbonyl (C=O) groups excluding carboxylic acids is 1. The maximum atomic E-state index is 11.4. The SMILES string of the molecule is CCOC(=O)C(CC)NCCC(C)C. The van der Waals surface area contributed by atoms with Crippen LogP contribution in [0.25, 0.3) is 0 Å². The van der Waals surface area contributed by atoms with E-state index in [4.69, 9.17) is 4.74 Å². The van der Waals surface area contributed by atoms with Crippen molar-refractivity contribution in [2.45, 2.75) is 46.6 Å². The minimum absolute atomic E-state index is 0.126. The fourth-order valence-corrected chi connectivity index (χ4v) is 1.18. The summed E-state index contributed by atoms with van der Waals surface area (Å²) in [5.74, 6) is 0.543. The third-order valence-corrected chi connectivity index (χ3v) is 2.09. The molecule has 0 amide bonds. The molecule has 1 N–H and O–H groups in total. The van der Waals surface area contributed by atoms with E-state index in [2.05, 4.69) is 19.2 Å². The third-order valence-electron chi connectivity index (χ3n) is 2.09. The topological polar surface area (TPSA) is 38.3 Å². The Morgan fingerprint density at radius 1 is 1.36 bits per heavy atom. The summed E-state index contributed by atoms with van der Waals surface area (Å²) in [6.45, 7) is 9.51. The van der Waals surface area contributed by atoms with Gasteiger partial charge in [-0.3, -0.25) is 4.79 Å². The van der Waals surface area contributed by atoms with E-state index in [1.54, 1.807) is 0 Å². The van der Waals surface area contributed by atoms with Crippen LogP contribution in [0.15, 0.2) is 0 Å². The predicted octanol–water partition coefficient (Wildman–Crippen LogP) is 1.96. The largest absolute Gasteiger partial charge is 0.465 e. The molecule has 0 rings (SSSR count). The van der Waals surface area contributed by atoms with Crippen LogP contribution < -0.4 is 5.32 Å². The number of carbonyl (C=O) groups is 1. The molecular weight excluding hydrogens is 178 g/mol. The lowest BCUT2D eigenvalue weighted by Crippen LogP contribution is -2.38. The normalized spacial score (nSPS) is 12.9. The van der Waals surface area contributed by atoms with Crippen LogP contribution in [0.5, 0.6) is 0 Å². The van der Waals surface area contributed by atoms with Gasteiger partial charge in [-0.05, 0) is 32.2 Å². The molecule has 0 saturated carbocycles. The van der Waals surface area contributed by atoms with Crippen molar-refractivity contribution in [3.05, 3.63) is 0 Å². The van der Waals surface area contributed by atoms with Gasteiger partial charge in [0.05, 0.1) is 6.61 Å². The van der Waals surface area contributed by atoms with Crippen LogP contribution in [-0.4, -0.2) is 25.2 Å². The summed E-state index contributed by atoms with van der Waals surface area (Å²) in [5.41, 5.74) is 0. The summed E-state index contributed by atoms with van der Waals surface area (Å²) in [5, 5.41) is 3.21. The molecule has 84 valence electrons. The Labute approximate surface area is 87.2 Å². The van der Waals surface area contributed by atoms with Crippen molar-refractivity contribution < 1.29 is 9.53 Å². The van der Waals surface area contributed by atoms with E-state index in [0.717, 1.165) is 19.4 Å². The Bertz CT molecular complexity index is 157. The Balaban J connectivity index is 3.73. The zero-order chi connectivity index (χ0) is 11.0. The first-order valence-electron chi connectivity index (χ1n) is 5.51. The van der Waals surface area contributed by atoms with Crippen LogP contribution in [0, 0.1) is 5.92 Å². The van der Waals surface area contributed by atoms with Gasteiger partial charge in [0, 0.05) is 0 Å². The molecule has 3 nitrogen and oxygen atoms in total. The lowest BCUT2D eigenvalue weighted by molar-refractivity contribution is -0.145. The molecule has 0 aliphatic rings. The van der Waals surface area contributed by atoms with E-state index in [1.165, 1.54) is 0 Å². The highest BCUT2D eigenvalue weighted by molar-refractivity contribution is 5.75. The van der Waals surface area contributed by atoms with Gasteiger partial charge >= 0.3 is 5.97 Å². The monoisotopic (exact) mass is 201 g/mol. The van der Waals surface area contributed by atoms with Crippen molar-refractivity contribution in [3.63, 3.8) is 0 Å². The molecule has 0 aromatic carbocycles. The number of esters is 1. The molecule has 0 spiro atoms. The first-order chi connectivity index (χ1) is 6.61. The smallest absolute Gasteiger partial charge is 0.323 e. The van der Waals surface area contributed by atoms with E-state index in [1.807, 2.05) is 13.8 Å². The second-order valence-electron chi connectivity index (χ2n) is 3.85. The Morgan fingerprint density at radius 2 is 2.00 bits per heavy atom. The summed E-state index contributed by atoms with van der Waals surface area (Å²) in [4.78, 5) is 11.4. The van der Waals surface area contributed by atoms with Gasteiger partial charge in [-0.2, -0.15) is 0 Å². The van der Waals surface area contributed by atoms with Gasteiger partial charge in [-0.25, -0.2) is 0 Å². The van der Waals surface area contributed by atoms with Crippen molar-refractivity contribution in [2.75, 3.05) is 13.2 Å². The van der Waals surface area contributed by atoms with Crippen LogP contribution in [0.1, 0.15) is 40.5 Å². The summed E-state index contributed by atoms with van der Waals surface area (Å²) in [7, 11) is 0. The second kappa shape index (κ2) is 7.80.